The second-order valence-corrected chi connectivity index (χ2v) is 4.23. The van der Waals surface area contributed by atoms with Crippen molar-refractivity contribution < 1.29 is 17.7 Å². The van der Waals surface area contributed by atoms with Gasteiger partial charge in [-0.05, 0) is 32.2 Å². The minimum absolute atomic E-state index is 0.170. The van der Waals surface area contributed by atoms with E-state index in [-0.39, 0.29) is 11.6 Å². The molecule has 18 heavy (non-hydrogen) atoms. The Bertz CT molecular complexity index is 548. The van der Waals surface area contributed by atoms with E-state index in [2.05, 4.69) is 10.5 Å². The van der Waals surface area contributed by atoms with Gasteiger partial charge in [-0.25, -0.2) is 0 Å². The van der Waals surface area contributed by atoms with Gasteiger partial charge in [-0.3, -0.25) is 0 Å². The minimum atomic E-state index is -4.36. The lowest BCUT2D eigenvalue weighted by Crippen LogP contribution is -2.23. The lowest BCUT2D eigenvalue weighted by molar-refractivity contribution is -0.137. The van der Waals surface area contributed by atoms with Gasteiger partial charge >= 0.3 is 6.18 Å². The molecule has 0 aliphatic carbocycles. The molecule has 2 aromatic rings. The van der Waals surface area contributed by atoms with Gasteiger partial charge < -0.3 is 9.84 Å². The smallest absolute Gasteiger partial charge is 0.360 e. The number of aromatic nitrogens is 1. The molecule has 0 amide bonds. The van der Waals surface area contributed by atoms with Crippen molar-refractivity contribution in [3.05, 3.63) is 29.5 Å². The fourth-order valence-electron chi connectivity index (χ4n) is 1.70. The van der Waals surface area contributed by atoms with Crippen LogP contribution < -0.4 is 5.32 Å². The van der Waals surface area contributed by atoms with Crippen molar-refractivity contribution in [2.45, 2.75) is 25.6 Å². The maximum absolute atomic E-state index is 12.5. The number of rotatable bonds is 3. The Labute approximate surface area is 102 Å². The summed E-state index contributed by atoms with van der Waals surface area (Å²) in [6, 6.07) is 3.63. The Morgan fingerprint density at radius 1 is 1.39 bits per heavy atom. The van der Waals surface area contributed by atoms with Crippen LogP contribution in [0, 0.1) is 0 Å². The number of hydrogen-bond acceptors (Lipinski definition) is 3. The number of nitrogens with zero attached hydrogens (tertiary/aromatic N) is 1. The van der Waals surface area contributed by atoms with E-state index in [0.29, 0.717) is 17.6 Å². The maximum atomic E-state index is 12.5. The fourth-order valence-corrected chi connectivity index (χ4v) is 1.70. The largest absolute Gasteiger partial charge is 0.416 e. The molecule has 0 saturated carbocycles. The van der Waals surface area contributed by atoms with Crippen LogP contribution in [-0.4, -0.2) is 18.2 Å². The first kappa shape index (κ1) is 12.9. The van der Waals surface area contributed by atoms with E-state index in [4.69, 9.17) is 4.52 Å². The zero-order valence-electron chi connectivity index (χ0n) is 10.0. The molecule has 1 atom stereocenters. The van der Waals surface area contributed by atoms with Crippen LogP contribution in [0.25, 0.3) is 10.9 Å². The molecule has 0 bridgehead atoms. The Hall–Kier alpha value is -1.56. The number of benzene rings is 1. The number of likely N-dealkylation sites (N-methyl/N-ethyl adjacent to an activating group) is 1. The molecule has 3 nitrogen and oxygen atoms in total. The van der Waals surface area contributed by atoms with Crippen LogP contribution in [0.3, 0.4) is 0 Å². The van der Waals surface area contributed by atoms with Crippen LogP contribution >= 0.6 is 0 Å². The van der Waals surface area contributed by atoms with Gasteiger partial charge in [-0.15, -0.1) is 0 Å². The van der Waals surface area contributed by atoms with E-state index < -0.39 is 11.7 Å². The van der Waals surface area contributed by atoms with Crippen LogP contribution in [0.2, 0.25) is 0 Å². The minimum Gasteiger partial charge on any atom is -0.360 e. The van der Waals surface area contributed by atoms with Gasteiger partial charge in [0, 0.05) is 17.8 Å². The van der Waals surface area contributed by atoms with Gasteiger partial charge in [-0.1, -0.05) is 5.16 Å². The third-order valence-corrected chi connectivity index (χ3v) is 2.86. The molecule has 0 saturated heterocycles. The van der Waals surface area contributed by atoms with Crippen molar-refractivity contribution in [1.29, 1.82) is 0 Å². The van der Waals surface area contributed by atoms with E-state index >= 15 is 0 Å². The molecular formula is C12H13F3N2O. The van der Waals surface area contributed by atoms with Crippen molar-refractivity contribution in [2.75, 3.05) is 7.05 Å². The van der Waals surface area contributed by atoms with E-state index in [9.17, 15) is 13.2 Å². The van der Waals surface area contributed by atoms with E-state index in [1.54, 1.807) is 0 Å². The SMILES string of the molecule is CNC(C)Cc1onc2cc(C(F)(F)F)ccc12. The normalized spacial score (nSPS) is 14.1. The summed E-state index contributed by atoms with van der Waals surface area (Å²) in [4.78, 5) is 0. The molecule has 0 aliphatic heterocycles. The first-order valence-corrected chi connectivity index (χ1v) is 5.54. The van der Waals surface area contributed by atoms with Gasteiger partial charge in [0.25, 0.3) is 0 Å². The fraction of sp³-hybridized carbons (Fsp3) is 0.417. The average molecular weight is 258 g/mol. The zero-order valence-corrected chi connectivity index (χ0v) is 10.0. The number of alkyl halides is 3. The molecule has 6 heteroatoms. The summed E-state index contributed by atoms with van der Waals surface area (Å²) < 4.78 is 42.7. The molecule has 1 aromatic heterocycles. The molecule has 1 N–H and O–H groups in total. The predicted octanol–water partition coefficient (Wildman–Crippen LogP) is 3.00. The van der Waals surface area contributed by atoms with Gasteiger partial charge in [0.15, 0.2) is 0 Å². The summed E-state index contributed by atoms with van der Waals surface area (Å²) in [6.45, 7) is 1.96. The topological polar surface area (TPSA) is 38.1 Å². The third-order valence-electron chi connectivity index (χ3n) is 2.86. The summed E-state index contributed by atoms with van der Waals surface area (Å²) in [5.41, 5.74) is -0.473. The molecule has 1 heterocycles. The second kappa shape index (κ2) is 4.61. The number of halogens is 3. The molecule has 0 fully saturated rings. The summed E-state index contributed by atoms with van der Waals surface area (Å²) in [7, 11) is 1.81. The van der Waals surface area contributed by atoms with Gasteiger partial charge in [0.05, 0.1) is 5.56 Å². The standard InChI is InChI=1S/C12H13F3N2O/c1-7(16-2)5-11-9-4-3-8(12(13,14)15)6-10(9)17-18-11/h3-4,6-7,16H,5H2,1-2H3. The quantitative estimate of drug-likeness (QED) is 0.919. The lowest BCUT2D eigenvalue weighted by Gasteiger charge is -2.07. The highest BCUT2D eigenvalue weighted by Gasteiger charge is 2.31. The van der Waals surface area contributed by atoms with Crippen molar-refractivity contribution in [1.82, 2.24) is 10.5 Å². The van der Waals surface area contributed by atoms with Crippen molar-refractivity contribution in [3.63, 3.8) is 0 Å². The first-order valence-electron chi connectivity index (χ1n) is 5.54. The van der Waals surface area contributed by atoms with Crippen molar-refractivity contribution in [3.8, 4) is 0 Å². The first-order chi connectivity index (χ1) is 8.41. The predicted molar refractivity (Wildman–Crippen MR) is 61.2 cm³/mol. The summed E-state index contributed by atoms with van der Waals surface area (Å²) in [5, 5.41) is 7.34. The van der Waals surface area contributed by atoms with Gasteiger partial charge in [0.2, 0.25) is 0 Å². The van der Waals surface area contributed by atoms with Crippen molar-refractivity contribution in [2.24, 2.45) is 0 Å². The van der Waals surface area contributed by atoms with E-state index in [1.807, 2.05) is 14.0 Å². The van der Waals surface area contributed by atoms with E-state index in [0.717, 1.165) is 12.1 Å². The molecule has 1 unspecified atom stereocenters. The Balaban J connectivity index is 2.38. The molecule has 98 valence electrons. The lowest BCUT2D eigenvalue weighted by atomic mass is 10.1. The summed E-state index contributed by atoms with van der Waals surface area (Å²) >= 11 is 0. The molecule has 0 aliphatic rings. The molecule has 0 radical (unpaired) electrons. The third kappa shape index (κ3) is 2.48. The van der Waals surface area contributed by atoms with Crippen molar-refractivity contribution >= 4 is 10.9 Å². The zero-order chi connectivity index (χ0) is 13.3. The molecule has 1 aromatic carbocycles. The second-order valence-electron chi connectivity index (χ2n) is 4.23. The van der Waals surface area contributed by atoms with Gasteiger partial charge in [0.1, 0.15) is 11.3 Å². The number of fused-ring (bicyclic) bond motifs is 1. The van der Waals surface area contributed by atoms with Crippen LogP contribution in [0.4, 0.5) is 13.2 Å². The molecule has 0 spiro atoms. The van der Waals surface area contributed by atoms with Crippen LogP contribution in [-0.2, 0) is 12.6 Å². The monoisotopic (exact) mass is 258 g/mol. The maximum Gasteiger partial charge on any atom is 0.416 e. The number of nitrogens with one attached hydrogen (secondary N) is 1. The summed E-state index contributed by atoms with van der Waals surface area (Å²) in [6.07, 6.45) is -3.77. The average Bonchev–Trinajstić information content (AvgIpc) is 2.70. The van der Waals surface area contributed by atoms with Crippen LogP contribution in [0.1, 0.15) is 18.2 Å². The van der Waals surface area contributed by atoms with Gasteiger partial charge in [-0.2, -0.15) is 13.2 Å². The molecular weight excluding hydrogens is 245 g/mol. The Morgan fingerprint density at radius 3 is 2.72 bits per heavy atom. The number of hydrogen-bond donors (Lipinski definition) is 1. The Kier molecular flexibility index (Phi) is 3.30. The van der Waals surface area contributed by atoms with E-state index in [1.165, 1.54) is 6.07 Å². The van der Waals surface area contributed by atoms with Crippen LogP contribution in [0.15, 0.2) is 22.7 Å². The summed E-state index contributed by atoms with van der Waals surface area (Å²) in [5.74, 6) is 0.598. The highest BCUT2D eigenvalue weighted by atomic mass is 19.4. The molecule has 2 rings (SSSR count). The highest BCUT2D eigenvalue weighted by molar-refractivity contribution is 5.81. The highest BCUT2D eigenvalue weighted by Crippen LogP contribution is 2.32. The Morgan fingerprint density at radius 2 is 2.11 bits per heavy atom. The van der Waals surface area contributed by atoms with Crippen LogP contribution in [0.5, 0.6) is 0 Å².